The Bertz CT molecular complexity index is 553. The van der Waals surface area contributed by atoms with Crippen LogP contribution >= 0.6 is 38.5 Å². The zero-order chi connectivity index (χ0) is 13.8. The normalized spacial score (nSPS) is 12.6. The Labute approximate surface area is 136 Å². The number of benzene rings is 1. The van der Waals surface area contributed by atoms with Crippen LogP contribution in [0.15, 0.2) is 35.1 Å². The van der Waals surface area contributed by atoms with Crippen molar-refractivity contribution in [1.29, 1.82) is 0 Å². The fourth-order valence-electron chi connectivity index (χ4n) is 2.15. The summed E-state index contributed by atoms with van der Waals surface area (Å²) >= 11 is 5.99. The van der Waals surface area contributed by atoms with E-state index < -0.39 is 0 Å². The minimum Gasteiger partial charge on any atom is -0.335 e. The minimum absolute atomic E-state index is 0.261. The average Bonchev–Trinajstić information content (AvgIpc) is 2.86. The van der Waals surface area contributed by atoms with E-state index in [2.05, 4.69) is 78.5 Å². The summed E-state index contributed by atoms with van der Waals surface area (Å²) in [6.07, 6.45) is 4.79. The number of halogens is 2. The molecule has 2 aromatic rings. The fourth-order valence-corrected chi connectivity index (χ4v) is 3.19. The Morgan fingerprint density at radius 1 is 1.47 bits per heavy atom. The van der Waals surface area contributed by atoms with Crippen LogP contribution in [0.2, 0.25) is 0 Å². The Balaban J connectivity index is 2.27. The Morgan fingerprint density at radius 3 is 2.95 bits per heavy atom. The first-order chi connectivity index (χ1) is 9.15. The third-order valence-electron chi connectivity index (χ3n) is 3.21. The van der Waals surface area contributed by atoms with Gasteiger partial charge in [-0.25, -0.2) is 4.98 Å². The molecule has 0 bridgehead atoms. The second-order valence-electron chi connectivity index (χ2n) is 4.34. The van der Waals surface area contributed by atoms with Crippen molar-refractivity contribution in [3.8, 4) is 0 Å². The monoisotopic (exact) mass is 433 g/mol. The second-order valence-corrected chi connectivity index (χ2v) is 6.44. The van der Waals surface area contributed by atoms with Gasteiger partial charge in [0, 0.05) is 39.4 Å². The van der Waals surface area contributed by atoms with Crippen LogP contribution in [0.1, 0.15) is 24.4 Å². The molecule has 2 rings (SSSR count). The average molecular weight is 434 g/mol. The molecule has 5 heteroatoms. The summed E-state index contributed by atoms with van der Waals surface area (Å²) in [5.41, 5.74) is 1.28. The quantitative estimate of drug-likeness (QED) is 0.727. The molecule has 19 heavy (non-hydrogen) atoms. The van der Waals surface area contributed by atoms with Gasteiger partial charge in [-0.1, -0.05) is 15.9 Å². The molecule has 0 saturated carbocycles. The van der Waals surface area contributed by atoms with E-state index in [9.17, 15) is 0 Å². The number of hydrogen-bond donors (Lipinski definition) is 1. The van der Waals surface area contributed by atoms with Crippen LogP contribution in [0.3, 0.4) is 0 Å². The lowest BCUT2D eigenvalue weighted by molar-refractivity contribution is 0.551. The van der Waals surface area contributed by atoms with Crippen molar-refractivity contribution >= 4 is 38.5 Å². The van der Waals surface area contributed by atoms with Crippen LogP contribution in [0.5, 0.6) is 0 Å². The van der Waals surface area contributed by atoms with Gasteiger partial charge in [-0.2, -0.15) is 0 Å². The van der Waals surface area contributed by atoms with Gasteiger partial charge in [-0.05, 0) is 60.3 Å². The molecule has 1 aromatic heterocycles. The van der Waals surface area contributed by atoms with E-state index >= 15 is 0 Å². The van der Waals surface area contributed by atoms with Gasteiger partial charge in [0.1, 0.15) is 5.82 Å². The molecule has 0 aliphatic rings. The first-order valence-electron chi connectivity index (χ1n) is 6.28. The number of nitrogens with one attached hydrogen (secondary N) is 1. The maximum atomic E-state index is 4.46. The van der Waals surface area contributed by atoms with Gasteiger partial charge in [0.05, 0.1) is 0 Å². The molecule has 0 aliphatic heterocycles. The third-order valence-corrected chi connectivity index (χ3v) is 4.60. The second kappa shape index (κ2) is 6.85. The highest BCUT2D eigenvalue weighted by molar-refractivity contribution is 14.1. The van der Waals surface area contributed by atoms with Gasteiger partial charge < -0.3 is 9.88 Å². The molecule has 0 spiro atoms. The van der Waals surface area contributed by atoms with E-state index in [4.69, 9.17) is 0 Å². The Morgan fingerprint density at radius 2 is 2.26 bits per heavy atom. The molecule has 1 aromatic carbocycles. The Kier molecular flexibility index (Phi) is 5.41. The third kappa shape index (κ3) is 3.58. The highest BCUT2D eigenvalue weighted by Crippen LogP contribution is 2.27. The molecule has 0 fully saturated rings. The van der Waals surface area contributed by atoms with E-state index in [1.807, 2.05) is 19.4 Å². The van der Waals surface area contributed by atoms with E-state index in [1.54, 1.807) is 0 Å². The summed E-state index contributed by atoms with van der Waals surface area (Å²) in [7, 11) is 2.00. The van der Waals surface area contributed by atoms with E-state index in [0.29, 0.717) is 0 Å². The predicted octanol–water partition coefficient (Wildman–Crippen LogP) is 3.77. The smallest absolute Gasteiger partial charge is 0.110 e. The summed E-state index contributed by atoms with van der Waals surface area (Å²) in [6, 6.07) is 6.68. The molecule has 3 nitrogen and oxygen atoms in total. The number of hydrogen-bond acceptors (Lipinski definition) is 2. The van der Waals surface area contributed by atoms with Crippen molar-refractivity contribution in [2.45, 2.75) is 25.9 Å². The topological polar surface area (TPSA) is 29.9 Å². The summed E-state index contributed by atoms with van der Waals surface area (Å²) < 4.78 is 4.57. The van der Waals surface area contributed by atoms with E-state index in [1.165, 1.54) is 9.13 Å². The van der Waals surface area contributed by atoms with Gasteiger partial charge in [-0.15, -0.1) is 0 Å². The van der Waals surface area contributed by atoms with Crippen LogP contribution in [-0.2, 0) is 13.0 Å². The van der Waals surface area contributed by atoms with Crippen LogP contribution < -0.4 is 5.32 Å². The van der Waals surface area contributed by atoms with Gasteiger partial charge in [0.15, 0.2) is 0 Å². The summed E-state index contributed by atoms with van der Waals surface area (Å²) in [6.45, 7) is 3.10. The molecule has 1 N–H and O–H groups in total. The van der Waals surface area contributed by atoms with Gasteiger partial charge in [0.2, 0.25) is 0 Å². The molecule has 0 amide bonds. The van der Waals surface area contributed by atoms with Crippen molar-refractivity contribution < 1.29 is 0 Å². The minimum atomic E-state index is 0.261. The van der Waals surface area contributed by atoms with Crippen molar-refractivity contribution in [3.05, 3.63) is 50.0 Å². The lowest BCUT2D eigenvalue weighted by Crippen LogP contribution is -2.21. The lowest BCUT2D eigenvalue weighted by Gasteiger charge is -2.19. The molecule has 1 unspecified atom stereocenters. The Hall–Kier alpha value is -0.400. The van der Waals surface area contributed by atoms with Crippen LogP contribution in [0, 0.1) is 3.57 Å². The van der Waals surface area contributed by atoms with E-state index in [-0.39, 0.29) is 6.04 Å². The zero-order valence-electron chi connectivity index (χ0n) is 11.0. The molecule has 102 valence electrons. The molecule has 0 saturated heterocycles. The van der Waals surface area contributed by atoms with E-state index in [0.717, 1.165) is 23.3 Å². The molecule has 0 aliphatic carbocycles. The summed E-state index contributed by atoms with van der Waals surface area (Å²) in [4.78, 5) is 4.46. The number of imidazole rings is 1. The first kappa shape index (κ1) is 15.0. The highest BCUT2D eigenvalue weighted by atomic mass is 127. The number of rotatable bonds is 5. The maximum Gasteiger partial charge on any atom is 0.110 e. The highest BCUT2D eigenvalue weighted by Gasteiger charge is 2.16. The standard InChI is InChI=1S/C14H17BrIN3/c1-3-19-7-6-18-14(19)9-13(17-2)11-8-10(16)4-5-12(11)15/h4-8,13,17H,3,9H2,1-2H3. The fraction of sp³-hybridized carbons (Fsp3) is 0.357. The predicted molar refractivity (Wildman–Crippen MR) is 90.3 cm³/mol. The maximum absolute atomic E-state index is 4.46. The van der Waals surface area contributed by atoms with Crippen LogP contribution in [0.4, 0.5) is 0 Å². The molecular formula is C14H17BrIN3. The molecule has 1 atom stereocenters. The molecular weight excluding hydrogens is 417 g/mol. The number of nitrogens with zero attached hydrogens (tertiary/aromatic N) is 2. The van der Waals surface area contributed by atoms with Crippen molar-refractivity contribution in [1.82, 2.24) is 14.9 Å². The number of aromatic nitrogens is 2. The van der Waals surface area contributed by atoms with Crippen LogP contribution in [-0.4, -0.2) is 16.6 Å². The first-order valence-corrected chi connectivity index (χ1v) is 8.15. The van der Waals surface area contributed by atoms with Gasteiger partial charge >= 0.3 is 0 Å². The largest absolute Gasteiger partial charge is 0.335 e. The van der Waals surface area contributed by atoms with Crippen molar-refractivity contribution in [2.24, 2.45) is 0 Å². The van der Waals surface area contributed by atoms with Crippen LogP contribution in [0.25, 0.3) is 0 Å². The summed E-state index contributed by atoms with van der Waals surface area (Å²) in [5.74, 6) is 1.12. The van der Waals surface area contributed by atoms with Crippen molar-refractivity contribution in [2.75, 3.05) is 7.05 Å². The van der Waals surface area contributed by atoms with Gasteiger partial charge in [-0.3, -0.25) is 0 Å². The SMILES string of the molecule is CCn1ccnc1CC(NC)c1cc(I)ccc1Br. The van der Waals surface area contributed by atoms with Crippen molar-refractivity contribution in [3.63, 3.8) is 0 Å². The number of aryl methyl sites for hydroxylation is 1. The molecule has 1 heterocycles. The number of likely N-dealkylation sites (N-methyl/N-ethyl adjacent to an activating group) is 1. The van der Waals surface area contributed by atoms with Gasteiger partial charge in [0.25, 0.3) is 0 Å². The summed E-state index contributed by atoms with van der Waals surface area (Å²) in [5, 5.41) is 3.39. The lowest BCUT2D eigenvalue weighted by atomic mass is 10.0. The zero-order valence-corrected chi connectivity index (χ0v) is 14.8. The molecule has 0 radical (unpaired) electrons.